The van der Waals surface area contributed by atoms with Gasteiger partial charge < -0.3 is 19.4 Å². The third-order valence-corrected chi connectivity index (χ3v) is 5.12. The lowest BCUT2D eigenvalue weighted by molar-refractivity contribution is -0.274. The number of carbonyl (C=O) groups is 1. The zero-order valence-electron chi connectivity index (χ0n) is 17.8. The van der Waals surface area contributed by atoms with Crippen molar-refractivity contribution in [3.05, 3.63) is 47.5 Å². The quantitative estimate of drug-likeness (QED) is 0.716. The summed E-state index contributed by atoms with van der Waals surface area (Å²) in [5.41, 5.74) is 2.55. The van der Waals surface area contributed by atoms with Crippen LogP contribution in [0.4, 0.5) is 13.2 Å². The van der Waals surface area contributed by atoms with E-state index in [0.717, 1.165) is 17.0 Å². The minimum absolute atomic E-state index is 0.0305. The van der Waals surface area contributed by atoms with Crippen LogP contribution in [0.15, 0.2) is 30.6 Å². The third-order valence-electron chi connectivity index (χ3n) is 5.12. The van der Waals surface area contributed by atoms with E-state index in [-0.39, 0.29) is 37.0 Å². The summed E-state index contributed by atoms with van der Waals surface area (Å²) in [7, 11) is 0. The summed E-state index contributed by atoms with van der Waals surface area (Å²) in [4.78, 5) is 23.9. The highest BCUT2D eigenvalue weighted by molar-refractivity contribution is 5.79. The van der Waals surface area contributed by atoms with Crippen LogP contribution in [0, 0.1) is 6.92 Å². The molecule has 0 bridgehead atoms. The molecule has 1 N–H and O–H groups in total. The van der Waals surface area contributed by atoms with E-state index in [0.29, 0.717) is 19.6 Å². The number of benzene rings is 1. The summed E-state index contributed by atoms with van der Waals surface area (Å²) in [5.74, 6) is -0.245. The standard InChI is InChI=1S/C21H27F3N4O3/c1-14(2)28-9-18(8-27(11-20(28)29)10-19-15(3)25-13-26-19)30-12-16-4-6-17(7-5-16)31-21(22,23)24/h4-7,13-14,18H,8-12H2,1-3H3,(H,25,26). The third kappa shape index (κ3) is 6.70. The van der Waals surface area contributed by atoms with Crippen LogP contribution in [0.1, 0.15) is 30.8 Å². The van der Waals surface area contributed by atoms with Gasteiger partial charge in [0.1, 0.15) is 5.75 Å². The van der Waals surface area contributed by atoms with Crippen molar-refractivity contribution in [3.63, 3.8) is 0 Å². The maximum absolute atomic E-state index is 12.7. The zero-order valence-corrected chi connectivity index (χ0v) is 17.8. The van der Waals surface area contributed by atoms with Gasteiger partial charge in [0.25, 0.3) is 0 Å². The van der Waals surface area contributed by atoms with Crippen LogP contribution in [0.2, 0.25) is 0 Å². The van der Waals surface area contributed by atoms with Crippen LogP contribution in [0.3, 0.4) is 0 Å². The van der Waals surface area contributed by atoms with E-state index in [1.807, 2.05) is 25.7 Å². The lowest BCUT2D eigenvalue weighted by atomic mass is 10.2. The molecule has 1 aliphatic heterocycles. The van der Waals surface area contributed by atoms with E-state index in [4.69, 9.17) is 4.74 Å². The average molecular weight is 440 g/mol. The SMILES string of the molecule is Cc1[nH]cnc1CN1CC(=O)N(C(C)C)CC(OCc2ccc(OC(F)(F)F)cc2)C1. The molecule has 0 saturated carbocycles. The first-order chi connectivity index (χ1) is 14.6. The van der Waals surface area contributed by atoms with Gasteiger partial charge in [-0.15, -0.1) is 13.2 Å². The highest BCUT2D eigenvalue weighted by Crippen LogP contribution is 2.23. The number of amides is 1. The molecule has 1 aromatic carbocycles. The largest absolute Gasteiger partial charge is 0.573 e. The lowest BCUT2D eigenvalue weighted by Gasteiger charge is -2.27. The normalized spacial score (nSPS) is 18.5. The zero-order chi connectivity index (χ0) is 22.6. The maximum Gasteiger partial charge on any atom is 0.573 e. The van der Waals surface area contributed by atoms with Gasteiger partial charge >= 0.3 is 6.36 Å². The van der Waals surface area contributed by atoms with Crippen molar-refractivity contribution in [1.82, 2.24) is 19.8 Å². The monoisotopic (exact) mass is 440 g/mol. The fraction of sp³-hybridized carbons (Fsp3) is 0.524. The van der Waals surface area contributed by atoms with Crippen LogP contribution < -0.4 is 4.74 Å². The molecule has 1 fully saturated rings. The molecule has 170 valence electrons. The minimum atomic E-state index is -4.72. The number of hydrogen-bond donors (Lipinski definition) is 1. The molecule has 1 aromatic heterocycles. The predicted octanol–water partition coefficient (Wildman–Crippen LogP) is 3.25. The number of H-pyrrole nitrogens is 1. The van der Waals surface area contributed by atoms with E-state index in [2.05, 4.69) is 14.7 Å². The number of aromatic amines is 1. The Labute approximate surface area is 179 Å². The molecule has 1 aliphatic rings. The summed E-state index contributed by atoms with van der Waals surface area (Å²) in [6.07, 6.45) is -3.34. The number of aryl methyl sites for hydroxylation is 1. The lowest BCUT2D eigenvalue weighted by Crippen LogP contribution is -2.42. The Morgan fingerprint density at radius 1 is 1.23 bits per heavy atom. The van der Waals surface area contributed by atoms with Gasteiger partial charge in [-0.3, -0.25) is 9.69 Å². The number of ether oxygens (including phenoxy) is 2. The molecule has 0 radical (unpaired) electrons. The minimum Gasteiger partial charge on any atom is -0.406 e. The number of nitrogens with zero attached hydrogens (tertiary/aromatic N) is 3. The summed E-state index contributed by atoms with van der Waals surface area (Å²) < 4.78 is 46.9. The highest BCUT2D eigenvalue weighted by Gasteiger charge is 2.31. The number of halogens is 3. The van der Waals surface area contributed by atoms with E-state index in [1.165, 1.54) is 24.3 Å². The fourth-order valence-corrected chi connectivity index (χ4v) is 3.50. The van der Waals surface area contributed by atoms with Crippen LogP contribution in [-0.4, -0.2) is 63.8 Å². The van der Waals surface area contributed by atoms with Crippen LogP contribution in [0.5, 0.6) is 5.75 Å². The van der Waals surface area contributed by atoms with Gasteiger partial charge in [-0.25, -0.2) is 4.98 Å². The van der Waals surface area contributed by atoms with Gasteiger partial charge in [-0.05, 0) is 38.5 Å². The molecule has 2 aromatic rings. The highest BCUT2D eigenvalue weighted by atomic mass is 19.4. The number of aromatic nitrogens is 2. The van der Waals surface area contributed by atoms with Gasteiger partial charge in [0, 0.05) is 31.4 Å². The van der Waals surface area contributed by atoms with Crippen molar-refractivity contribution in [2.75, 3.05) is 19.6 Å². The molecule has 31 heavy (non-hydrogen) atoms. The fourth-order valence-electron chi connectivity index (χ4n) is 3.50. The first-order valence-corrected chi connectivity index (χ1v) is 10.1. The topological polar surface area (TPSA) is 70.7 Å². The van der Waals surface area contributed by atoms with Gasteiger partial charge in [0.05, 0.1) is 31.3 Å². The first-order valence-electron chi connectivity index (χ1n) is 10.1. The van der Waals surface area contributed by atoms with Crippen LogP contribution in [0.25, 0.3) is 0 Å². The van der Waals surface area contributed by atoms with E-state index < -0.39 is 6.36 Å². The Hall–Kier alpha value is -2.59. The van der Waals surface area contributed by atoms with Crippen molar-refractivity contribution in [3.8, 4) is 5.75 Å². The van der Waals surface area contributed by atoms with Gasteiger partial charge in [-0.1, -0.05) is 12.1 Å². The molecular formula is C21H27F3N4O3. The molecule has 0 aliphatic carbocycles. The van der Waals surface area contributed by atoms with E-state index in [1.54, 1.807) is 11.2 Å². The molecule has 1 amide bonds. The smallest absolute Gasteiger partial charge is 0.406 e. The number of hydrogen-bond acceptors (Lipinski definition) is 5. The molecule has 7 nitrogen and oxygen atoms in total. The first kappa shape index (κ1) is 23.1. The number of imidazole rings is 1. The molecule has 2 heterocycles. The van der Waals surface area contributed by atoms with Crippen molar-refractivity contribution < 1.29 is 27.4 Å². The summed E-state index contributed by atoms with van der Waals surface area (Å²) in [6, 6.07) is 5.62. The van der Waals surface area contributed by atoms with Crippen LogP contribution >= 0.6 is 0 Å². The Morgan fingerprint density at radius 2 is 1.94 bits per heavy atom. The summed E-state index contributed by atoms with van der Waals surface area (Å²) >= 11 is 0. The second-order valence-corrected chi connectivity index (χ2v) is 7.91. The number of alkyl halides is 3. The second kappa shape index (κ2) is 9.69. The Kier molecular flexibility index (Phi) is 7.22. The molecule has 1 saturated heterocycles. The molecule has 1 unspecified atom stereocenters. The maximum atomic E-state index is 12.7. The Morgan fingerprint density at radius 3 is 2.52 bits per heavy atom. The molecule has 1 atom stereocenters. The molecule has 0 spiro atoms. The van der Waals surface area contributed by atoms with Gasteiger partial charge in [0.2, 0.25) is 5.91 Å². The predicted molar refractivity (Wildman–Crippen MR) is 107 cm³/mol. The average Bonchev–Trinajstić information content (AvgIpc) is 2.99. The van der Waals surface area contributed by atoms with E-state index >= 15 is 0 Å². The van der Waals surface area contributed by atoms with Crippen molar-refractivity contribution in [2.24, 2.45) is 0 Å². The Bertz CT molecular complexity index is 868. The number of nitrogens with one attached hydrogen (secondary N) is 1. The Balaban J connectivity index is 1.65. The van der Waals surface area contributed by atoms with Gasteiger partial charge in [0.15, 0.2) is 0 Å². The molecular weight excluding hydrogens is 413 g/mol. The van der Waals surface area contributed by atoms with Crippen molar-refractivity contribution in [2.45, 2.75) is 52.4 Å². The number of rotatable bonds is 7. The second-order valence-electron chi connectivity index (χ2n) is 7.91. The summed E-state index contributed by atoms with van der Waals surface area (Å²) in [6.45, 7) is 7.85. The van der Waals surface area contributed by atoms with E-state index in [9.17, 15) is 18.0 Å². The molecule has 10 heteroatoms. The van der Waals surface area contributed by atoms with Gasteiger partial charge in [-0.2, -0.15) is 0 Å². The summed E-state index contributed by atoms with van der Waals surface area (Å²) in [5, 5.41) is 0. The molecule has 3 rings (SSSR count). The number of carbonyl (C=O) groups excluding carboxylic acids is 1. The van der Waals surface area contributed by atoms with Crippen molar-refractivity contribution in [1.29, 1.82) is 0 Å². The van der Waals surface area contributed by atoms with Crippen molar-refractivity contribution >= 4 is 5.91 Å². The van der Waals surface area contributed by atoms with Crippen LogP contribution in [-0.2, 0) is 22.7 Å².